The van der Waals surface area contributed by atoms with E-state index in [0.29, 0.717) is 5.56 Å². The summed E-state index contributed by atoms with van der Waals surface area (Å²) in [4.78, 5) is 0. The number of alkyl halides is 3. The van der Waals surface area contributed by atoms with E-state index >= 15 is 0 Å². The largest absolute Gasteiger partial charge is 0.419 e. The summed E-state index contributed by atoms with van der Waals surface area (Å²) in [6.07, 6.45) is -2.91. The highest BCUT2D eigenvalue weighted by Gasteiger charge is 2.53. The van der Waals surface area contributed by atoms with E-state index in [0.717, 1.165) is 25.0 Å². The fraction of sp³-hybridized carbons (Fsp3) is 0.571. The van der Waals surface area contributed by atoms with E-state index in [9.17, 15) is 17.6 Å². The summed E-state index contributed by atoms with van der Waals surface area (Å²) in [7, 11) is 0. The van der Waals surface area contributed by atoms with Gasteiger partial charge in [-0.15, -0.1) is 0 Å². The Morgan fingerprint density at radius 2 is 1.61 bits per heavy atom. The van der Waals surface area contributed by atoms with Crippen LogP contribution in [0.25, 0.3) is 0 Å². The lowest BCUT2D eigenvalue weighted by molar-refractivity contribution is -0.140. The number of hydrogen-bond acceptors (Lipinski definition) is 0. The molecule has 2 rings (SSSR count). The van der Waals surface area contributed by atoms with Crippen LogP contribution in [-0.2, 0) is 11.6 Å². The fourth-order valence-corrected chi connectivity index (χ4v) is 2.64. The number of halogens is 4. The fourth-order valence-electron chi connectivity index (χ4n) is 2.64. The Hall–Kier alpha value is -1.06. The van der Waals surface area contributed by atoms with Crippen molar-refractivity contribution < 1.29 is 17.6 Å². The second-order valence-corrected chi connectivity index (χ2v) is 6.02. The van der Waals surface area contributed by atoms with Crippen molar-refractivity contribution in [3.8, 4) is 0 Å². The summed E-state index contributed by atoms with van der Waals surface area (Å²) in [6, 6.07) is 3.40. The summed E-state index contributed by atoms with van der Waals surface area (Å²) < 4.78 is 51.3. The average molecular weight is 260 g/mol. The van der Waals surface area contributed by atoms with Gasteiger partial charge in [0.05, 0.1) is 5.56 Å². The molecule has 0 radical (unpaired) electrons. The molecule has 0 saturated heterocycles. The third-order valence-electron chi connectivity index (χ3n) is 4.01. The van der Waals surface area contributed by atoms with E-state index in [1.165, 1.54) is 6.07 Å². The molecule has 0 bridgehead atoms. The van der Waals surface area contributed by atoms with Gasteiger partial charge in [0, 0.05) is 5.41 Å². The molecule has 4 heteroatoms. The first kappa shape index (κ1) is 13.4. The van der Waals surface area contributed by atoms with Gasteiger partial charge in [-0.3, -0.25) is 0 Å². The quantitative estimate of drug-likeness (QED) is 0.628. The van der Waals surface area contributed by atoms with Crippen LogP contribution in [0.3, 0.4) is 0 Å². The molecule has 1 fully saturated rings. The molecule has 0 aromatic heterocycles. The Morgan fingerprint density at radius 1 is 1.06 bits per heavy atom. The predicted octanol–water partition coefficient (Wildman–Crippen LogP) is 4.92. The molecule has 1 saturated carbocycles. The first-order valence-corrected chi connectivity index (χ1v) is 5.95. The Balaban J connectivity index is 2.50. The smallest absolute Gasteiger partial charge is 0.206 e. The van der Waals surface area contributed by atoms with Crippen LogP contribution in [0.2, 0.25) is 0 Å². The maximum Gasteiger partial charge on any atom is 0.419 e. The Bertz CT molecular complexity index is 462. The van der Waals surface area contributed by atoms with Crippen molar-refractivity contribution in [3.63, 3.8) is 0 Å². The minimum absolute atomic E-state index is 0.117. The van der Waals surface area contributed by atoms with Crippen LogP contribution in [0.5, 0.6) is 0 Å². The highest BCUT2D eigenvalue weighted by atomic mass is 19.4. The van der Waals surface area contributed by atoms with Crippen LogP contribution < -0.4 is 0 Å². The molecule has 0 unspecified atom stereocenters. The first-order valence-electron chi connectivity index (χ1n) is 5.95. The van der Waals surface area contributed by atoms with Gasteiger partial charge >= 0.3 is 6.18 Å². The number of benzene rings is 1. The molecule has 0 N–H and O–H groups in total. The van der Waals surface area contributed by atoms with Gasteiger partial charge in [0.25, 0.3) is 0 Å². The molecule has 18 heavy (non-hydrogen) atoms. The van der Waals surface area contributed by atoms with Gasteiger partial charge in [0.15, 0.2) is 0 Å². The highest BCUT2D eigenvalue weighted by Crippen LogP contribution is 2.60. The molecule has 0 heterocycles. The molecule has 100 valence electrons. The lowest BCUT2D eigenvalue weighted by atomic mass is 9.73. The molecule has 0 atom stereocenters. The van der Waals surface area contributed by atoms with Gasteiger partial charge in [-0.1, -0.05) is 26.8 Å². The lowest BCUT2D eigenvalue weighted by Crippen LogP contribution is -2.26. The van der Waals surface area contributed by atoms with Gasteiger partial charge in [0.1, 0.15) is 5.82 Å². The van der Waals surface area contributed by atoms with Crippen LogP contribution in [-0.4, -0.2) is 0 Å². The van der Waals surface area contributed by atoms with E-state index in [1.54, 1.807) is 0 Å². The third kappa shape index (κ3) is 2.02. The Labute approximate surface area is 104 Å². The van der Waals surface area contributed by atoms with Crippen molar-refractivity contribution in [2.24, 2.45) is 5.41 Å². The molecule has 0 spiro atoms. The summed E-state index contributed by atoms with van der Waals surface area (Å²) in [5.41, 5.74) is -0.909. The zero-order valence-corrected chi connectivity index (χ0v) is 10.7. The Kier molecular flexibility index (Phi) is 2.76. The SMILES string of the molecule is CC(C)(C)C1(c2ccc(F)c(C(F)(F)F)c2)CC1. The molecule has 1 aromatic rings. The van der Waals surface area contributed by atoms with E-state index < -0.39 is 17.6 Å². The Morgan fingerprint density at radius 3 is 2.00 bits per heavy atom. The van der Waals surface area contributed by atoms with Crippen molar-refractivity contribution >= 4 is 0 Å². The van der Waals surface area contributed by atoms with E-state index in [1.807, 2.05) is 20.8 Å². The van der Waals surface area contributed by atoms with Gasteiger partial charge in [0.2, 0.25) is 0 Å². The summed E-state index contributed by atoms with van der Waals surface area (Å²) in [5.74, 6) is -1.20. The maximum atomic E-state index is 13.3. The second-order valence-electron chi connectivity index (χ2n) is 6.02. The lowest BCUT2D eigenvalue weighted by Gasteiger charge is -2.32. The maximum absolute atomic E-state index is 13.3. The monoisotopic (exact) mass is 260 g/mol. The zero-order chi connectivity index (χ0) is 13.8. The molecule has 1 aromatic carbocycles. The van der Waals surface area contributed by atoms with Crippen molar-refractivity contribution in [3.05, 3.63) is 35.1 Å². The van der Waals surface area contributed by atoms with Crippen molar-refractivity contribution in [1.29, 1.82) is 0 Å². The van der Waals surface area contributed by atoms with Gasteiger partial charge < -0.3 is 0 Å². The van der Waals surface area contributed by atoms with E-state index in [-0.39, 0.29) is 10.8 Å². The molecule has 1 aliphatic carbocycles. The van der Waals surface area contributed by atoms with Crippen LogP contribution in [0.15, 0.2) is 18.2 Å². The third-order valence-corrected chi connectivity index (χ3v) is 4.01. The van der Waals surface area contributed by atoms with Crippen LogP contribution in [0.1, 0.15) is 44.7 Å². The minimum atomic E-state index is -4.63. The first-order chi connectivity index (χ1) is 8.08. The van der Waals surface area contributed by atoms with Crippen LogP contribution >= 0.6 is 0 Å². The summed E-state index contributed by atoms with van der Waals surface area (Å²) in [6.45, 7) is 6.03. The molecule has 0 nitrogen and oxygen atoms in total. The highest BCUT2D eigenvalue weighted by molar-refractivity contribution is 5.38. The molecule has 1 aliphatic rings. The summed E-state index contributed by atoms with van der Waals surface area (Å²) in [5, 5.41) is 0. The van der Waals surface area contributed by atoms with E-state index in [4.69, 9.17) is 0 Å². The van der Waals surface area contributed by atoms with Crippen molar-refractivity contribution in [2.45, 2.75) is 45.2 Å². The standard InChI is InChI=1S/C14H16F4/c1-12(2,3)13(6-7-13)9-4-5-11(15)10(8-9)14(16,17)18/h4-5,8H,6-7H2,1-3H3. The molecular formula is C14H16F4. The number of hydrogen-bond donors (Lipinski definition) is 0. The second kappa shape index (κ2) is 3.72. The molecule has 0 amide bonds. The zero-order valence-electron chi connectivity index (χ0n) is 10.7. The molecule has 0 aliphatic heterocycles. The van der Waals surface area contributed by atoms with Crippen LogP contribution in [0.4, 0.5) is 17.6 Å². The van der Waals surface area contributed by atoms with Crippen molar-refractivity contribution in [1.82, 2.24) is 0 Å². The topological polar surface area (TPSA) is 0 Å². The predicted molar refractivity (Wildman–Crippen MR) is 61.8 cm³/mol. The minimum Gasteiger partial charge on any atom is -0.206 e. The van der Waals surface area contributed by atoms with Gasteiger partial charge in [-0.25, -0.2) is 4.39 Å². The van der Waals surface area contributed by atoms with Gasteiger partial charge in [-0.2, -0.15) is 13.2 Å². The van der Waals surface area contributed by atoms with E-state index in [2.05, 4.69) is 0 Å². The molecular weight excluding hydrogens is 244 g/mol. The van der Waals surface area contributed by atoms with Crippen LogP contribution in [0, 0.1) is 11.2 Å². The average Bonchev–Trinajstić information content (AvgIpc) is 2.96. The number of rotatable bonds is 1. The van der Waals surface area contributed by atoms with Crippen molar-refractivity contribution in [2.75, 3.05) is 0 Å². The van der Waals surface area contributed by atoms with Gasteiger partial charge in [-0.05, 0) is 36.0 Å². The normalized spacial score (nSPS) is 18.8. The summed E-state index contributed by atoms with van der Waals surface area (Å²) >= 11 is 0.